The number of halogens is 1. The lowest BCUT2D eigenvalue weighted by Gasteiger charge is -2.31. The zero-order chi connectivity index (χ0) is 15.9. The third kappa shape index (κ3) is 4.82. The van der Waals surface area contributed by atoms with E-state index in [1.54, 1.807) is 12.1 Å². The van der Waals surface area contributed by atoms with Crippen LogP contribution < -0.4 is 10.6 Å². The van der Waals surface area contributed by atoms with Crippen LogP contribution in [0.4, 0.5) is 5.82 Å². The second-order valence-corrected chi connectivity index (χ2v) is 5.59. The van der Waals surface area contributed by atoms with Crippen LogP contribution in [0.3, 0.4) is 0 Å². The number of nitrogens with zero attached hydrogens (tertiary/aromatic N) is 2. The fraction of sp³-hybridized carbons (Fsp3) is 0.400. The molecule has 0 radical (unpaired) electrons. The highest BCUT2D eigenvalue weighted by atomic mass is 35.5. The van der Waals surface area contributed by atoms with Crippen molar-refractivity contribution in [1.82, 2.24) is 15.2 Å². The molecule has 2 N–H and O–H groups in total. The molecule has 118 valence electrons. The van der Waals surface area contributed by atoms with Gasteiger partial charge in [-0.05, 0) is 25.0 Å². The molecule has 0 spiro atoms. The van der Waals surface area contributed by atoms with E-state index in [0.717, 1.165) is 32.5 Å². The summed E-state index contributed by atoms with van der Waals surface area (Å²) >= 11 is 5.71. The Hall–Kier alpha value is -1.92. The van der Waals surface area contributed by atoms with Crippen molar-refractivity contribution in [2.24, 2.45) is 0 Å². The Morgan fingerprint density at radius 3 is 2.68 bits per heavy atom. The number of hydrogen-bond donors (Lipinski definition) is 2. The summed E-state index contributed by atoms with van der Waals surface area (Å²) < 4.78 is 0. The third-order valence-corrected chi connectivity index (χ3v) is 3.71. The molecule has 2 heterocycles. The molecule has 1 aromatic rings. The quantitative estimate of drug-likeness (QED) is 0.650. The maximum atomic E-state index is 11.9. The maximum Gasteiger partial charge on any atom is 0.314 e. The molecule has 1 fully saturated rings. The van der Waals surface area contributed by atoms with Crippen molar-refractivity contribution in [1.29, 1.82) is 0 Å². The van der Waals surface area contributed by atoms with Crippen LogP contribution in [0.5, 0.6) is 0 Å². The number of carbonyl (C=O) groups is 2. The van der Waals surface area contributed by atoms with Gasteiger partial charge in [-0.1, -0.05) is 17.7 Å². The van der Waals surface area contributed by atoms with Gasteiger partial charge in [0.15, 0.2) is 0 Å². The van der Waals surface area contributed by atoms with Gasteiger partial charge in [0, 0.05) is 31.9 Å². The van der Waals surface area contributed by atoms with Crippen molar-refractivity contribution in [3.05, 3.63) is 36.0 Å². The summed E-state index contributed by atoms with van der Waals surface area (Å²) in [5.74, 6) is -1.06. The minimum absolute atomic E-state index is 0.0255. The van der Waals surface area contributed by atoms with E-state index in [9.17, 15) is 9.59 Å². The average Bonchev–Trinajstić information content (AvgIpc) is 2.51. The lowest BCUT2D eigenvalue weighted by Crippen LogP contribution is -2.47. The number of anilines is 1. The summed E-state index contributed by atoms with van der Waals surface area (Å²) in [4.78, 5) is 29.9. The van der Waals surface area contributed by atoms with Gasteiger partial charge in [0.1, 0.15) is 5.82 Å². The first-order valence-electron chi connectivity index (χ1n) is 7.15. The summed E-state index contributed by atoms with van der Waals surface area (Å²) in [6, 6.07) is 3.16. The lowest BCUT2D eigenvalue weighted by molar-refractivity contribution is -0.136. The van der Waals surface area contributed by atoms with Gasteiger partial charge in [-0.15, -0.1) is 6.58 Å². The Morgan fingerprint density at radius 1 is 1.36 bits per heavy atom. The molecule has 2 amide bonds. The van der Waals surface area contributed by atoms with E-state index in [1.807, 2.05) is 6.08 Å². The molecule has 0 aliphatic carbocycles. The molecule has 2 rings (SSSR count). The van der Waals surface area contributed by atoms with Crippen LogP contribution in [0.1, 0.15) is 12.8 Å². The predicted molar refractivity (Wildman–Crippen MR) is 85.7 cm³/mol. The number of aromatic nitrogens is 1. The van der Waals surface area contributed by atoms with Crippen LogP contribution >= 0.6 is 11.6 Å². The monoisotopic (exact) mass is 322 g/mol. The third-order valence-electron chi connectivity index (χ3n) is 3.49. The highest BCUT2D eigenvalue weighted by molar-refractivity contribution is 6.39. The molecule has 0 atom stereocenters. The van der Waals surface area contributed by atoms with Crippen molar-refractivity contribution in [2.75, 3.05) is 25.0 Å². The Bertz CT molecular complexity index is 539. The first-order valence-corrected chi connectivity index (χ1v) is 7.53. The number of piperidine rings is 1. The minimum Gasteiger partial charge on any atom is -0.345 e. The Balaban J connectivity index is 1.78. The van der Waals surface area contributed by atoms with Crippen LogP contribution in [0, 0.1) is 0 Å². The first kappa shape index (κ1) is 16.5. The van der Waals surface area contributed by atoms with E-state index < -0.39 is 11.8 Å². The van der Waals surface area contributed by atoms with Crippen LogP contribution in [0.2, 0.25) is 5.02 Å². The molecule has 0 aromatic carbocycles. The molecule has 1 aromatic heterocycles. The molecule has 1 saturated heterocycles. The fourth-order valence-electron chi connectivity index (χ4n) is 2.32. The second kappa shape index (κ2) is 7.91. The SMILES string of the molecule is C=CCN1CCC(NC(=O)C(=O)Nc2ccc(Cl)cn2)CC1. The number of hydrogen-bond acceptors (Lipinski definition) is 4. The van der Waals surface area contributed by atoms with Crippen LogP contribution in [-0.2, 0) is 9.59 Å². The number of rotatable bonds is 4. The number of pyridine rings is 1. The van der Waals surface area contributed by atoms with Gasteiger partial charge in [0.05, 0.1) is 5.02 Å². The van der Waals surface area contributed by atoms with Gasteiger partial charge in [0.25, 0.3) is 0 Å². The fourth-order valence-corrected chi connectivity index (χ4v) is 2.43. The molecule has 1 aliphatic heterocycles. The van der Waals surface area contributed by atoms with Crippen molar-refractivity contribution < 1.29 is 9.59 Å². The molecule has 7 heteroatoms. The van der Waals surface area contributed by atoms with Crippen molar-refractivity contribution >= 4 is 29.2 Å². The van der Waals surface area contributed by atoms with E-state index >= 15 is 0 Å². The number of carbonyl (C=O) groups excluding carboxylic acids is 2. The second-order valence-electron chi connectivity index (χ2n) is 5.15. The average molecular weight is 323 g/mol. The molecule has 0 bridgehead atoms. The molecule has 0 unspecified atom stereocenters. The van der Waals surface area contributed by atoms with E-state index in [1.165, 1.54) is 6.20 Å². The smallest absolute Gasteiger partial charge is 0.314 e. The lowest BCUT2D eigenvalue weighted by atomic mass is 10.1. The van der Waals surface area contributed by atoms with Crippen LogP contribution in [-0.4, -0.2) is 47.4 Å². The van der Waals surface area contributed by atoms with E-state index in [2.05, 4.69) is 27.1 Å². The van der Waals surface area contributed by atoms with E-state index in [-0.39, 0.29) is 6.04 Å². The Labute approximate surface area is 134 Å². The van der Waals surface area contributed by atoms with Crippen molar-refractivity contribution in [3.8, 4) is 0 Å². The van der Waals surface area contributed by atoms with Crippen LogP contribution in [0.25, 0.3) is 0 Å². The number of nitrogens with one attached hydrogen (secondary N) is 2. The molecule has 1 aliphatic rings. The summed E-state index contributed by atoms with van der Waals surface area (Å²) in [6.45, 7) is 6.34. The normalized spacial score (nSPS) is 16.0. The zero-order valence-electron chi connectivity index (χ0n) is 12.2. The highest BCUT2D eigenvalue weighted by Gasteiger charge is 2.23. The summed E-state index contributed by atoms with van der Waals surface area (Å²) in [6.07, 6.45) is 4.92. The summed E-state index contributed by atoms with van der Waals surface area (Å²) in [7, 11) is 0. The zero-order valence-corrected chi connectivity index (χ0v) is 13.0. The largest absolute Gasteiger partial charge is 0.345 e. The minimum atomic E-state index is -0.719. The summed E-state index contributed by atoms with van der Waals surface area (Å²) in [5, 5.41) is 5.67. The van der Waals surface area contributed by atoms with Crippen LogP contribution in [0.15, 0.2) is 31.0 Å². The molecule has 22 heavy (non-hydrogen) atoms. The maximum absolute atomic E-state index is 11.9. The van der Waals surface area contributed by atoms with Gasteiger partial charge >= 0.3 is 11.8 Å². The first-order chi connectivity index (χ1) is 10.6. The molecular formula is C15H19ClN4O2. The molecular weight excluding hydrogens is 304 g/mol. The van der Waals surface area contributed by atoms with Crippen molar-refractivity contribution in [2.45, 2.75) is 18.9 Å². The van der Waals surface area contributed by atoms with Gasteiger partial charge in [-0.2, -0.15) is 0 Å². The number of amides is 2. The highest BCUT2D eigenvalue weighted by Crippen LogP contribution is 2.11. The topological polar surface area (TPSA) is 74.3 Å². The Morgan fingerprint density at radius 2 is 2.09 bits per heavy atom. The van der Waals surface area contributed by atoms with Gasteiger partial charge in [0.2, 0.25) is 0 Å². The van der Waals surface area contributed by atoms with E-state index in [4.69, 9.17) is 11.6 Å². The Kier molecular flexibility index (Phi) is 5.91. The van der Waals surface area contributed by atoms with E-state index in [0.29, 0.717) is 10.8 Å². The van der Waals surface area contributed by atoms with Gasteiger partial charge in [-0.25, -0.2) is 4.98 Å². The van der Waals surface area contributed by atoms with Gasteiger partial charge in [-0.3, -0.25) is 14.5 Å². The predicted octanol–water partition coefficient (Wildman–Crippen LogP) is 1.44. The molecule has 6 nitrogen and oxygen atoms in total. The molecule has 0 saturated carbocycles. The number of likely N-dealkylation sites (tertiary alicyclic amines) is 1. The van der Waals surface area contributed by atoms with Gasteiger partial charge < -0.3 is 10.6 Å². The standard InChI is InChI=1S/C15H19ClN4O2/c1-2-7-20-8-5-12(6-9-20)18-14(21)15(22)19-13-4-3-11(16)10-17-13/h2-4,10,12H,1,5-9H2,(H,18,21)(H,17,19,22). The van der Waals surface area contributed by atoms with Crippen molar-refractivity contribution in [3.63, 3.8) is 0 Å². The summed E-state index contributed by atoms with van der Waals surface area (Å²) in [5.41, 5.74) is 0.